The molecule has 0 nitrogen and oxygen atoms in total. The first-order valence-corrected chi connectivity index (χ1v) is 9.61. The molecule has 0 N–H and O–H groups in total. The highest BCUT2D eigenvalue weighted by atomic mass is 19.1. The van der Waals surface area contributed by atoms with Crippen molar-refractivity contribution in [2.75, 3.05) is 0 Å². The summed E-state index contributed by atoms with van der Waals surface area (Å²) in [6, 6.07) is 0. The van der Waals surface area contributed by atoms with Crippen molar-refractivity contribution < 1.29 is 4.39 Å². The number of hydrogen-bond acceptors (Lipinski definition) is 0. The van der Waals surface area contributed by atoms with Gasteiger partial charge in [0, 0.05) is 0 Å². The molecule has 0 bridgehead atoms. The highest BCUT2D eigenvalue weighted by Crippen LogP contribution is 2.67. The molecule has 0 aromatic heterocycles. The van der Waals surface area contributed by atoms with Gasteiger partial charge in [-0.05, 0) is 79.4 Å². The molecule has 4 fully saturated rings. The fourth-order valence-electron chi connectivity index (χ4n) is 7.56. The average Bonchev–Trinajstić information content (AvgIpc) is 2.76. The second-order valence-electron chi connectivity index (χ2n) is 9.34. The second kappa shape index (κ2) is 4.99. The van der Waals surface area contributed by atoms with Crippen LogP contribution in [-0.4, -0.2) is 6.17 Å². The van der Waals surface area contributed by atoms with Gasteiger partial charge in [0.15, 0.2) is 0 Å². The highest BCUT2D eigenvalue weighted by Gasteiger charge is 2.61. The molecule has 122 valence electrons. The lowest BCUT2D eigenvalue weighted by atomic mass is 9.45. The summed E-state index contributed by atoms with van der Waals surface area (Å²) >= 11 is 0. The molecule has 0 aromatic carbocycles. The predicted octanol–water partition coefficient (Wildman–Crippen LogP) is 5.62. The van der Waals surface area contributed by atoms with E-state index in [4.69, 9.17) is 6.42 Å². The first-order valence-electron chi connectivity index (χ1n) is 9.61. The lowest BCUT2D eigenvalue weighted by Gasteiger charge is -2.60. The molecule has 1 heteroatoms. The molecule has 0 radical (unpaired) electrons. The molecule has 4 rings (SSSR count). The predicted molar refractivity (Wildman–Crippen MR) is 88.9 cm³/mol. The van der Waals surface area contributed by atoms with Crippen LogP contribution in [0.4, 0.5) is 4.39 Å². The van der Waals surface area contributed by atoms with Gasteiger partial charge in [-0.2, -0.15) is 0 Å². The van der Waals surface area contributed by atoms with Gasteiger partial charge in [-0.3, -0.25) is 0 Å². The topological polar surface area (TPSA) is 0 Å². The number of fused-ring (bicyclic) bond motifs is 5. The monoisotopic (exact) mass is 302 g/mol. The standard InChI is InChI=1S/C21H31F/c1-4-16-19(22)13-18-15-9-8-14-7-5-6-11-20(14,2)17(15)10-12-21(16,18)3/h1,14-19H,5-13H2,2-3H3/t14-,15-,16-,17+,18+,19-,20+,21-/m1/s1. The Morgan fingerprint density at radius 2 is 1.77 bits per heavy atom. The van der Waals surface area contributed by atoms with Crippen LogP contribution < -0.4 is 0 Å². The van der Waals surface area contributed by atoms with Crippen LogP contribution in [-0.2, 0) is 0 Å². The first kappa shape index (κ1) is 15.0. The second-order valence-corrected chi connectivity index (χ2v) is 9.34. The van der Waals surface area contributed by atoms with E-state index in [-0.39, 0.29) is 11.3 Å². The Morgan fingerprint density at radius 3 is 2.55 bits per heavy atom. The smallest absolute Gasteiger partial charge is 0.115 e. The Bertz CT molecular complexity index is 491. The minimum absolute atomic E-state index is 0.0766. The molecule has 0 saturated heterocycles. The molecule has 0 unspecified atom stereocenters. The molecule has 4 saturated carbocycles. The maximum atomic E-state index is 14.6. The van der Waals surface area contributed by atoms with Crippen LogP contribution in [0.3, 0.4) is 0 Å². The zero-order valence-electron chi connectivity index (χ0n) is 14.3. The van der Waals surface area contributed by atoms with Crippen LogP contribution in [0.15, 0.2) is 0 Å². The van der Waals surface area contributed by atoms with E-state index >= 15 is 0 Å². The fraction of sp³-hybridized carbons (Fsp3) is 0.905. The number of alkyl halides is 1. The Labute approximate surface area is 135 Å². The number of hydrogen-bond donors (Lipinski definition) is 0. The van der Waals surface area contributed by atoms with Gasteiger partial charge < -0.3 is 0 Å². The average molecular weight is 302 g/mol. The fourth-order valence-corrected chi connectivity index (χ4v) is 7.56. The molecule has 0 amide bonds. The SMILES string of the molecule is C#C[C@@H]1[C@H](F)C[C@H]2[C@@H]3CC[C@H]4CCCC[C@]4(C)[C@H]3CC[C@]12C. The summed E-state index contributed by atoms with van der Waals surface area (Å²) in [4.78, 5) is 0. The molecule has 0 aromatic rings. The van der Waals surface area contributed by atoms with E-state index < -0.39 is 6.17 Å². The molecular formula is C21H31F. The van der Waals surface area contributed by atoms with Crippen molar-refractivity contribution in [1.82, 2.24) is 0 Å². The van der Waals surface area contributed by atoms with Crippen molar-refractivity contribution in [3.05, 3.63) is 0 Å². The lowest BCUT2D eigenvalue weighted by molar-refractivity contribution is -0.107. The largest absolute Gasteiger partial charge is 0.246 e. The van der Waals surface area contributed by atoms with Crippen molar-refractivity contribution in [2.45, 2.75) is 77.8 Å². The van der Waals surface area contributed by atoms with E-state index in [1.165, 1.54) is 44.9 Å². The van der Waals surface area contributed by atoms with Gasteiger partial charge in [0.1, 0.15) is 6.17 Å². The Hall–Kier alpha value is -0.510. The van der Waals surface area contributed by atoms with Crippen LogP contribution in [0.5, 0.6) is 0 Å². The van der Waals surface area contributed by atoms with Crippen molar-refractivity contribution in [3.63, 3.8) is 0 Å². The van der Waals surface area contributed by atoms with E-state index in [0.717, 1.165) is 30.6 Å². The Morgan fingerprint density at radius 1 is 0.955 bits per heavy atom. The maximum absolute atomic E-state index is 14.6. The van der Waals surface area contributed by atoms with Gasteiger partial charge in [-0.25, -0.2) is 4.39 Å². The van der Waals surface area contributed by atoms with Gasteiger partial charge in [0.25, 0.3) is 0 Å². The zero-order valence-corrected chi connectivity index (χ0v) is 14.3. The molecule has 22 heavy (non-hydrogen) atoms. The van der Waals surface area contributed by atoms with Crippen LogP contribution >= 0.6 is 0 Å². The van der Waals surface area contributed by atoms with Gasteiger partial charge >= 0.3 is 0 Å². The molecule has 0 aliphatic heterocycles. The lowest BCUT2D eigenvalue weighted by Crippen LogP contribution is -2.52. The maximum Gasteiger partial charge on any atom is 0.115 e. The number of halogens is 1. The third-order valence-electron chi connectivity index (χ3n) is 8.75. The van der Waals surface area contributed by atoms with E-state index in [0.29, 0.717) is 11.3 Å². The summed E-state index contributed by atoms with van der Waals surface area (Å²) < 4.78 is 14.6. The van der Waals surface area contributed by atoms with Crippen LogP contribution in [0.2, 0.25) is 0 Å². The quantitative estimate of drug-likeness (QED) is 0.510. The zero-order chi connectivity index (χ0) is 15.5. The molecular weight excluding hydrogens is 271 g/mol. The van der Waals surface area contributed by atoms with Gasteiger partial charge in [0.05, 0.1) is 5.92 Å². The van der Waals surface area contributed by atoms with Crippen molar-refractivity contribution in [2.24, 2.45) is 40.4 Å². The highest BCUT2D eigenvalue weighted by molar-refractivity contribution is 5.17. The molecule has 0 heterocycles. The third-order valence-corrected chi connectivity index (χ3v) is 8.75. The van der Waals surface area contributed by atoms with Gasteiger partial charge in [-0.15, -0.1) is 6.42 Å². The van der Waals surface area contributed by atoms with E-state index in [2.05, 4.69) is 19.8 Å². The number of rotatable bonds is 0. The Kier molecular flexibility index (Phi) is 3.41. The van der Waals surface area contributed by atoms with E-state index in [9.17, 15) is 4.39 Å². The summed E-state index contributed by atoms with van der Waals surface area (Å²) in [5.74, 6) is 5.78. The van der Waals surface area contributed by atoms with Crippen molar-refractivity contribution in [1.29, 1.82) is 0 Å². The van der Waals surface area contributed by atoms with Crippen LogP contribution in [0.25, 0.3) is 0 Å². The third kappa shape index (κ3) is 1.82. The summed E-state index contributed by atoms with van der Waals surface area (Å²) in [5, 5.41) is 0. The first-order chi connectivity index (χ1) is 10.5. The van der Waals surface area contributed by atoms with E-state index in [1.54, 1.807) is 0 Å². The van der Waals surface area contributed by atoms with Gasteiger partial charge in [-0.1, -0.05) is 32.6 Å². The molecule has 4 aliphatic rings. The van der Waals surface area contributed by atoms with Crippen molar-refractivity contribution in [3.8, 4) is 12.3 Å². The van der Waals surface area contributed by atoms with Crippen LogP contribution in [0.1, 0.15) is 71.6 Å². The minimum atomic E-state index is -0.754. The molecule has 8 atom stereocenters. The van der Waals surface area contributed by atoms with Crippen molar-refractivity contribution >= 4 is 0 Å². The minimum Gasteiger partial charge on any atom is -0.246 e. The summed E-state index contributed by atoms with van der Waals surface area (Å²) in [6.07, 6.45) is 16.6. The van der Waals surface area contributed by atoms with E-state index in [1.807, 2.05) is 0 Å². The van der Waals surface area contributed by atoms with Gasteiger partial charge in [0.2, 0.25) is 0 Å². The van der Waals surface area contributed by atoms with Crippen LogP contribution in [0, 0.1) is 52.8 Å². The molecule has 0 spiro atoms. The summed E-state index contributed by atoms with van der Waals surface area (Å²) in [5.41, 5.74) is 0.621. The normalized spacial score (nSPS) is 57.4. The molecule has 4 aliphatic carbocycles. The summed E-state index contributed by atoms with van der Waals surface area (Å²) in [7, 11) is 0. The Balaban J connectivity index is 1.66. The number of terminal acetylenes is 1. The summed E-state index contributed by atoms with van der Waals surface area (Å²) in [6.45, 7) is 4.89.